The van der Waals surface area contributed by atoms with Crippen molar-refractivity contribution < 1.29 is 9.53 Å². The molecule has 0 unspecified atom stereocenters. The third kappa shape index (κ3) is 2.63. The van der Waals surface area contributed by atoms with Crippen LogP contribution in [0.5, 0.6) is 5.88 Å². The molecule has 18 heavy (non-hydrogen) atoms. The Morgan fingerprint density at radius 2 is 1.83 bits per heavy atom. The Morgan fingerprint density at radius 3 is 2.44 bits per heavy atom. The average Bonchev–Trinajstić information content (AvgIpc) is 2.39. The number of hydrogen-bond acceptors (Lipinski definition) is 4. The lowest BCUT2D eigenvalue weighted by molar-refractivity contribution is -0.114. The molecule has 5 heteroatoms. The van der Waals surface area contributed by atoms with E-state index in [0.717, 1.165) is 11.3 Å². The number of nitrogens with zero attached hydrogens (tertiary/aromatic N) is 2. The van der Waals surface area contributed by atoms with Crippen LogP contribution in [0.2, 0.25) is 0 Å². The van der Waals surface area contributed by atoms with Crippen LogP contribution >= 0.6 is 0 Å². The standard InChI is InChI=1S/C13H13N3O2/c1-9(17)16-11-5-3-10(4-6-11)12-13(18-2)15-8-7-14-12/h3-8H,1-2H3,(H,16,17). The van der Waals surface area contributed by atoms with Crippen molar-refractivity contribution in [1.29, 1.82) is 0 Å². The van der Waals surface area contributed by atoms with Gasteiger partial charge < -0.3 is 10.1 Å². The normalized spacial score (nSPS) is 9.89. The number of benzene rings is 1. The smallest absolute Gasteiger partial charge is 0.240 e. The van der Waals surface area contributed by atoms with Crippen LogP contribution in [0.15, 0.2) is 36.7 Å². The number of hydrogen-bond donors (Lipinski definition) is 1. The highest BCUT2D eigenvalue weighted by molar-refractivity contribution is 5.88. The minimum atomic E-state index is -0.0974. The van der Waals surface area contributed by atoms with E-state index in [4.69, 9.17) is 4.74 Å². The molecule has 0 bridgehead atoms. The molecule has 92 valence electrons. The van der Waals surface area contributed by atoms with Crippen LogP contribution in [0, 0.1) is 0 Å². The summed E-state index contributed by atoms with van der Waals surface area (Å²) >= 11 is 0. The zero-order valence-electron chi connectivity index (χ0n) is 10.2. The van der Waals surface area contributed by atoms with Crippen molar-refractivity contribution in [3.05, 3.63) is 36.7 Å². The first-order chi connectivity index (χ1) is 8.70. The van der Waals surface area contributed by atoms with E-state index < -0.39 is 0 Å². The largest absolute Gasteiger partial charge is 0.479 e. The second-order valence-corrected chi connectivity index (χ2v) is 3.67. The number of aromatic nitrogens is 2. The lowest BCUT2D eigenvalue weighted by Gasteiger charge is -2.07. The molecule has 1 N–H and O–H groups in total. The predicted molar refractivity (Wildman–Crippen MR) is 68.3 cm³/mol. The molecule has 2 aromatic rings. The van der Waals surface area contributed by atoms with Gasteiger partial charge in [-0.3, -0.25) is 4.79 Å². The molecule has 0 radical (unpaired) electrons. The molecule has 0 fully saturated rings. The van der Waals surface area contributed by atoms with E-state index in [9.17, 15) is 4.79 Å². The van der Waals surface area contributed by atoms with Gasteiger partial charge in [0.1, 0.15) is 5.69 Å². The molecule has 0 saturated carbocycles. The maximum absolute atomic E-state index is 10.9. The summed E-state index contributed by atoms with van der Waals surface area (Å²) in [6.07, 6.45) is 3.19. The lowest BCUT2D eigenvalue weighted by atomic mass is 10.1. The molecule has 0 atom stereocenters. The van der Waals surface area contributed by atoms with Crippen molar-refractivity contribution in [3.8, 4) is 17.1 Å². The van der Waals surface area contributed by atoms with Gasteiger partial charge >= 0.3 is 0 Å². The van der Waals surface area contributed by atoms with E-state index in [1.165, 1.54) is 6.92 Å². The van der Waals surface area contributed by atoms with Gasteiger partial charge in [-0.1, -0.05) is 12.1 Å². The second-order valence-electron chi connectivity index (χ2n) is 3.67. The van der Waals surface area contributed by atoms with Gasteiger partial charge in [0.2, 0.25) is 11.8 Å². The minimum absolute atomic E-state index is 0.0974. The van der Waals surface area contributed by atoms with Gasteiger partial charge in [0.05, 0.1) is 7.11 Å². The van der Waals surface area contributed by atoms with Crippen LogP contribution in [0.25, 0.3) is 11.3 Å². The molecule has 1 amide bonds. The third-order valence-corrected chi connectivity index (χ3v) is 2.34. The van der Waals surface area contributed by atoms with Crippen LogP contribution in [0.3, 0.4) is 0 Å². The fourth-order valence-corrected chi connectivity index (χ4v) is 1.59. The molecular weight excluding hydrogens is 230 g/mol. The molecule has 1 aromatic heterocycles. The van der Waals surface area contributed by atoms with Crippen molar-refractivity contribution in [3.63, 3.8) is 0 Å². The van der Waals surface area contributed by atoms with Crippen molar-refractivity contribution >= 4 is 11.6 Å². The minimum Gasteiger partial charge on any atom is -0.479 e. The summed E-state index contributed by atoms with van der Waals surface area (Å²) in [7, 11) is 1.55. The maximum atomic E-state index is 10.9. The molecule has 0 aliphatic rings. The second kappa shape index (κ2) is 5.27. The first-order valence-electron chi connectivity index (χ1n) is 5.43. The quantitative estimate of drug-likeness (QED) is 0.896. The van der Waals surface area contributed by atoms with Gasteiger partial charge in [-0.2, -0.15) is 0 Å². The van der Waals surface area contributed by atoms with Gasteiger partial charge in [0, 0.05) is 30.6 Å². The molecule has 1 aromatic carbocycles. The van der Waals surface area contributed by atoms with Crippen molar-refractivity contribution in [1.82, 2.24) is 9.97 Å². The van der Waals surface area contributed by atoms with E-state index in [2.05, 4.69) is 15.3 Å². The summed E-state index contributed by atoms with van der Waals surface area (Å²) in [5.74, 6) is 0.379. The molecule has 0 aliphatic carbocycles. The van der Waals surface area contributed by atoms with Gasteiger partial charge in [-0.15, -0.1) is 0 Å². The van der Waals surface area contributed by atoms with E-state index in [-0.39, 0.29) is 5.91 Å². The summed E-state index contributed by atoms with van der Waals surface area (Å²) in [5, 5.41) is 2.71. The van der Waals surface area contributed by atoms with Gasteiger partial charge in [0.15, 0.2) is 0 Å². The molecule has 0 spiro atoms. The van der Waals surface area contributed by atoms with Gasteiger partial charge in [-0.05, 0) is 12.1 Å². The van der Waals surface area contributed by atoms with Gasteiger partial charge in [0.25, 0.3) is 0 Å². The SMILES string of the molecule is COc1nccnc1-c1ccc(NC(C)=O)cc1. The predicted octanol–water partition coefficient (Wildman–Crippen LogP) is 2.11. The van der Waals surface area contributed by atoms with E-state index in [1.807, 2.05) is 24.3 Å². The Kier molecular flexibility index (Phi) is 3.52. The summed E-state index contributed by atoms with van der Waals surface area (Å²) < 4.78 is 5.15. The Bertz CT molecular complexity index is 552. The number of nitrogens with one attached hydrogen (secondary N) is 1. The average molecular weight is 243 g/mol. The molecule has 5 nitrogen and oxygen atoms in total. The maximum Gasteiger partial charge on any atom is 0.240 e. The fourth-order valence-electron chi connectivity index (χ4n) is 1.59. The number of amides is 1. The van der Waals surface area contributed by atoms with E-state index >= 15 is 0 Å². The molecule has 0 aliphatic heterocycles. The Balaban J connectivity index is 2.31. The summed E-state index contributed by atoms with van der Waals surface area (Å²) in [6, 6.07) is 7.34. The Labute approximate surface area is 105 Å². The van der Waals surface area contributed by atoms with Crippen LogP contribution in [-0.2, 0) is 4.79 Å². The topological polar surface area (TPSA) is 64.1 Å². The monoisotopic (exact) mass is 243 g/mol. The summed E-state index contributed by atoms with van der Waals surface area (Å²) in [5.41, 5.74) is 2.30. The van der Waals surface area contributed by atoms with Crippen molar-refractivity contribution in [2.24, 2.45) is 0 Å². The number of ether oxygens (including phenoxy) is 1. The highest BCUT2D eigenvalue weighted by Gasteiger charge is 2.07. The van der Waals surface area contributed by atoms with Gasteiger partial charge in [-0.25, -0.2) is 9.97 Å². The molecule has 2 rings (SSSR count). The molecule has 0 saturated heterocycles. The zero-order valence-corrected chi connectivity index (χ0v) is 10.2. The lowest BCUT2D eigenvalue weighted by Crippen LogP contribution is -2.05. The number of carbonyl (C=O) groups is 1. The highest BCUT2D eigenvalue weighted by atomic mass is 16.5. The van der Waals surface area contributed by atoms with Crippen LogP contribution in [0.4, 0.5) is 5.69 Å². The summed E-state index contributed by atoms with van der Waals surface area (Å²) in [6.45, 7) is 1.47. The van der Waals surface area contributed by atoms with Crippen LogP contribution in [-0.4, -0.2) is 23.0 Å². The van der Waals surface area contributed by atoms with Crippen LogP contribution in [0.1, 0.15) is 6.92 Å². The number of anilines is 1. The number of carbonyl (C=O) groups excluding carboxylic acids is 1. The van der Waals surface area contributed by atoms with E-state index in [0.29, 0.717) is 11.6 Å². The third-order valence-electron chi connectivity index (χ3n) is 2.34. The highest BCUT2D eigenvalue weighted by Crippen LogP contribution is 2.25. The Hall–Kier alpha value is -2.43. The van der Waals surface area contributed by atoms with E-state index in [1.54, 1.807) is 19.5 Å². The van der Waals surface area contributed by atoms with Crippen LogP contribution < -0.4 is 10.1 Å². The first-order valence-corrected chi connectivity index (χ1v) is 5.43. The Morgan fingerprint density at radius 1 is 1.17 bits per heavy atom. The first kappa shape index (κ1) is 12.0. The molecular formula is C13H13N3O2. The summed E-state index contributed by atoms with van der Waals surface area (Å²) in [4.78, 5) is 19.2. The number of methoxy groups -OCH3 is 1. The molecule has 1 heterocycles. The number of rotatable bonds is 3. The van der Waals surface area contributed by atoms with Crippen molar-refractivity contribution in [2.45, 2.75) is 6.92 Å². The zero-order chi connectivity index (χ0) is 13.0. The van der Waals surface area contributed by atoms with Crippen molar-refractivity contribution in [2.75, 3.05) is 12.4 Å². The fraction of sp³-hybridized carbons (Fsp3) is 0.154.